The summed E-state index contributed by atoms with van der Waals surface area (Å²) in [7, 11) is 0. The van der Waals surface area contributed by atoms with Gasteiger partial charge in [0.05, 0.1) is 6.07 Å². The highest BCUT2D eigenvalue weighted by atomic mass is 16.6. The van der Waals surface area contributed by atoms with Crippen molar-refractivity contribution in [1.82, 2.24) is 15.5 Å². The van der Waals surface area contributed by atoms with E-state index in [0.717, 1.165) is 37.7 Å². The minimum absolute atomic E-state index is 0.0292. The molecule has 0 aromatic heterocycles. The van der Waals surface area contributed by atoms with Crippen molar-refractivity contribution in [1.29, 1.82) is 5.26 Å². The molecule has 1 fully saturated rings. The minimum Gasteiger partial charge on any atom is -0.444 e. The van der Waals surface area contributed by atoms with E-state index in [4.69, 9.17) is 4.74 Å². The highest BCUT2D eigenvalue weighted by Gasteiger charge is 2.37. The maximum atomic E-state index is 14.1. The van der Waals surface area contributed by atoms with Crippen LogP contribution in [0.25, 0.3) is 0 Å². The maximum absolute atomic E-state index is 14.1. The van der Waals surface area contributed by atoms with Gasteiger partial charge in [-0.05, 0) is 44.7 Å². The third kappa shape index (κ3) is 8.62. The molecule has 202 valence electrons. The first-order valence-corrected chi connectivity index (χ1v) is 13.2. The van der Waals surface area contributed by atoms with Crippen molar-refractivity contribution in [2.24, 2.45) is 0 Å². The number of nitriles is 1. The number of carbonyl (C=O) groups is 3. The average molecular weight is 519 g/mol. The zero-order valence-corrected chi connectivity index (χ0v) is 22.5. The molecule has 2 unspecified atom stereocenters. The van der Waals surface area contributed by atoms with Gasteiger partial charge < -0.3 is 20.3 Å². The standard InChI is InChI=1S/C30H38N4O4/c1-30(2,3)38-29(37)33-25(21-22-13-7-4-8-14-22)28(36)34(20-19-31)26(23-15-9-5-10-16-23)27(35)32-24-17-11-6-12-18-24/h4-5,7-10,13-16,24-26H,6,11-12,17-18,20-21H2,1-3H3,(H,32,35)(H,33,37). The summed E-state index contributed by atoms with van der Waals surface area (Å²) in [5.74, 6) is -0.865. The predicted octanol–water partition coefficient (Wildman–Crippen LogP) is 4.66. The Bertz CT molecular complexity index is 1100. The summed E-state index contributed by atoms with van der Waals surface area (Å²) in [6.07, 6.45) is 4.43. The molecule has 0 bridgehead atoms. The third-order valence-corrected chi connectivity index (χ3v) is 6.42. The molecule has 0 heterocycles. The van der Waals surface area contributed by atoms with E-state index in [2.05, 4.69) is 10.6 Å². The number of hydrogen-bond acceptors (Lipinski definition) is 5. The van der Waals surface area contributed by atoms with E-state index in [0.29, 0.717) is 5.56 Å². The summed E-state index contributed by atoms with van der Waals surface area (Å²) in [5.41, 5.74) is 0.658. The Hall–Kier alpha value is -3.86. The first-order chi connectivity index (χ1) is 18.2. The van der Waals surface area contributed by atoms with Crippen molar-refractivity contribution >= 4 is 17.9 Å². The van der Waals surface area contributed by atoms with Crippen LogP contribution in [-0.2, 0) is 20.7 Å². The fourth-order valence-corrected chi connectivity index (χ4v) is 4.71. The molecule has 1 aliphatic rings. The van der Waals surface area contributed by atoms with Crippen LogP contribution in [0.4, 0.5) is 4.79 Å². The van der Waals surface area contributed by atoms with E-state index >= 15 is 0 Å². The highest BCUT2D eigenvalue weighted by Crippen LogP contribution is 2.25. The molecule has 2 N–H and O–H groups in total. The summed E-state index contributed by atoms with van der Waals surface area (Å²) >= 11 is 0. The van der Waals surface area contributed by atoms with Gasteiger partial charge in [-0.2, -0.15) is 5.26 Å². The molecule has 0 spiro atoms. The number of ether oxygens (including phenoxy) is 1. The van der Waals surface area contributed by atoms with Crippen LogP contribution < -0.4 is 10.6 Å². The first kappa shape index (κ1) is 28.7. The minimum atomic E-state index is -1.05. The number of carbonyl (C=O) groups excluding carboxylic acids is 3. The van der Waals surface area contributed by atoms with Gasteiger partial charge in [-0.25, -0.2) is 4.79 Å². The molecule has 0 aliphatic heterocycles. The van der Waals surface area contributed by atoms with Crippen molar-refractivity contribution in [3.8, 4) is 6.07 Å². The molecule has 0 saturated heterocycles. The van der Waals surface area contributed by atoms with Gasteiger partial charge in [-0.3, -0.25) is 9.59 Å². The van der Waals surface area contributed by atoms with Crippen LogP contribution in [0.2, 0.25) is 0 Å². The van der Waals surface area contributed by atoms with Gasteiger partial charge in [-0.1, -0.05) is 79.9 Å². The van der Waals surface area contributed by atoms with E-state index in [-0.39, 0.29) is 24.9 Å². The van der Waals surface area contributed by atoms with Crippen LogP contribution in [-0.4, -0.2) is 47.0 Å². The van der Waals surface area contributed by atoms with Crippen molar-refractivity contribution in [2.75, 3.05) is 6.54 Å². The molecule has 8 nitrogen and oxygen atoms in total. The average Bonchev–Trinajstić information content (AvgIpc) is 2.88. The van der Waals surface area contributed by atoms with Crippen LogP contribution in [0.5, 0.6) is 0 Å². The Morgan fingerprint density at radius 2 is 1.61 bits per heavy atom. The van der Waals surface area contributed by atoms with Crippen LogP contribution in [0, 0.1) is 11.3 Å². The number of benzene rings is 2. The molecule has 8 heteroatoms. The maximum Gasteiger partial charge on any atom is 0.408 e. The summed E-state index contributed by atoms with van der Waals surface area (Å²) in [5, 5.41) is 15.5. The van der Waals surface area contributed by atoms with Crippen LogP contribution in [0.15, 0.2) is 60.7 Å². The Balaban J connectivity index is 1.95. The number of rotatable bonds is 9. The zero-order chi connectivity index (χ0) is 27.5. The number of nitrogens with zero attached hydrogens (tertiary/aromatic N) is 2. The van der Waals surface area contributed by atoms with E-state index in [9.17, 15) is 19.6 Å². The van der Waals surface area contributed by atoms with Gasteiger partial charge in [0, 0.05) is 12.5 Å². The normalized spacial score (nSPS) is 15.4. The summed E-state index contributed by atoms with van der Waals surface area (Å²) in [6.45, 7) is 4.90. The smallest absolute Gasteiger partial charge is 0.408 e. The zero-order valence-electron chi connectivity index (χ0n) is 22.5. The lowest BCUT2D eigenvalue weighted by atomic mass is 9.94. The van der Waals surface area contributed by atoms with Crippen molar-refractivity contribution in [3.05, 3.63) is 71.8 Å². The lowest BCUT2D eigenvalue weighted by molar-refractivity contribution is -0.142. The Kier molecular flexibility index (Phi) is 10.3. The van der Waals surface area contributed by atoms with E-state index in [1.165, 1.54) is 4.90 Å². The van der Waals surface area contributed by atoms with Gasteiger partial charge in [0.2, 0.25) is 11.8 Å². The Labute approximate surface area is 225 Å². The molecular formula is C30H38N4O4. The highest BCUT2D eigenvalue weighted by molar-refractivity contribution is 5.92. The second-order valence-corrected chi connectivity index (χ2v) is 10.7. The largest absolute Gasteiger partial charge is 0.444 e. The monoisotopic (exact) mass is 518 g/mol. The fourth-order valence-electron chi connectivity index (χ4n) is 4.71. The van der Waals surface area contributed by atoms with Gasteiger partial charge in [0.1, 0.15) is 24.2 Å². The van der Waals surface area contributed by atoms with E-state index in [1.54, 1.807) is 45.0 Å². The number of hydrogen-bond donors (Lipinski definition) is 2. The lowest BCUT2D eigenvalue weighted by Crippen LogP contribution is -2.54. The van der Waals surface area contributed by atoms with Crippen molar-refractivity contribution < 1.29 is 19.1 Å². The van der Waals surface area contributed by atoms with Gasteiger partial charge in [-0.15, -0.1) is 0 Å². The third-order valence-electron chi connectivity index (χ3n) is 6.42. The molecular weight excluding hydrogens is 480 g/mol. The van der Waals surface area contributed by atoms with Gasteiger partial charge in [0.25, 0.3) is 0 Å². The molecule has 2 aromatic rings. The second-order valence-electron chi connectivity index (χ2n) is 10.7. The summed E-state index contributed by atoms with van der Waals surface area (Å²) < 4.78 is 5.42. The molecule has 0 radical (unpaired) electrons. The van der Waals surface area contributed by atoms with Crippen molar-refractivity contribution in [2.45, 2.75) is 83.0 Å². The number of alkyl carbamates (subject to hydrolysis) is 1. The topological polar surface area (TPSA) is 112 Å². The summed E-state index contributed by atoms with van der Waals surface area (Å²) in [6, 6.07) is 18.3. The number of amides is 3. The Morgan fingerprint density at radius 1 is 1.00 bits per heavy atom. The molecule has 3 amide bonds. The van der Waals surface area contributed by atoms with E-state index < -0.39 is 29.7 Å². The number of nitrogens with one attached hydrogen (secondary N) is 2. The molecule has 1 saturated carbocycles. The quantitative estimate of drug-likeness (QED) is 0.469. The Morgan fingerprint density at radius 3 is 2.18 bits per heavy atom. The van der Waals surface area contributed by atoms with Gasteiger partial charge in [0.15, 0.2) is 0 Å². The summed E-state index contributed by atoms with van der Waals surface area (Å²) in [4.78, 5) is 41.8. The van der Waals surface area contributed by atoms with Crippen LogP contribution >= 0.6 is 0 Å². The fraction of sp³-hybridized carbons (Fsp3) is 0.467. The second kappa shape index (κ2) is 13.6. The predicted molar refractivity (Wildman–Crippen MR) is 145 cm³/mol. The molecule has 1 aliphatic carbocycles. The SMILES string of the molecule is CC(C)(C)OC(=O)NC(Cc1ccccc1)C(=O)N(CC#N)C(C(=O)NC1CCCCC1)c1ccccc1. The molecule has 2 atom stereocenters. The van der Waals surface area contributed by atoms with Crippen molar-refractivity contribution in [3.63, 3.8) is 0 Å². The lowest BCUT2D eigenvalue weighted by Gasteiger charge is -2.34. The molecule has 38 heavy (non-hydrogen) atoms. The van der Waals surface area contributed by atoms with Crippen LogP contribution in [0.3, 0.4) is 0 Å². The van der Waals surface area contributed by atoms with Crippen LogP contribution in [0.1, 0.15) is 70.0 Å². The van der Waals surface area contributed by atoms with Gasteiger partial charge >= 0.3 is 6.09 Å². The molecule has 3 rings (SSSR count). The van der Waals surface area contributed by atoms with E-state index in [1.807, 2.05) is 42.5 Å². The molecule has 2 aromatic carbocycles. The first-order valence-electron chi connectivity index (χ1n) is 13.2.